The highest BCUT2D eigenvalue weighted by atomic mass is 35.5. The SMILES string of the molecule is COc1ccc(Cl)cc1NC(=O)C[NH+](C)CC(=O)Nc1sccc1C#N. The smallest absolute Gasteiger partial charge is 0.280 e. The predicted molar refractivity (Wildman–Crippen MR) is 101 cm³/mol. The van der Waals surface area contributed by atoms with Crippen LogP contribution in [0.4, 0.5) is 10.7 Å². The Balaban J connectivity index is 1.88. The minimum atomic E-state index is -0.273. The fourth-order valence-corrected chi connectivity index (χ4v) is 3.17. The highest BCUT2D eigenvalue weighted by Crippen LogP contribution is 2.27. The molecule has 3 N–H and O–H groups in total. The van der Waals surface area contributed by atoms with E-state index < -0.39 is 0 Å². The summed E-state index contributed by atoms with van der Waals surface area (Å²) in [6.45, 7) is 0.168. The summed E-state index contributed by atoms with van der Waals surface area (Å²) in [5.41, 5.74) is 0.895. The first kappa shape index (κ1) is 19.7. The number of amides is 2. The summed E-state index contributed by atoms with van der Waals surface area (Å²) in [4.78, 5) is 25.0. The van der Waals surface area contributed by atoms with Crippen molar-refractivity contribution in [3.8, 4) is 11.8 Å². The van der Waals surface area contributed by atoms with Crippen LogP contribution in [0.1, 0.15) is 5.56 Å². The lowest BCUT2D eigenvalue weighted by Gasteiger charge is -2.14. The summed E-state index contributed by atoms with van der Waals surface area (Å²) in [5, 5.41) is 17.1. The highest BCUT2D eigenvalue weighted by molar-refractivity contribution is 7.14. The molecule has 0 saturated heterocycles. The number of carbonyl (C=O) groups is 2. The quantitative estimate of drug-likeness (QED) is 0.662. The maximum absolute atomic E-state index is 12.2. The molecule has 7 nitrogen and oxygen atoms in total. The normalized spacial score (nSPS) is 11.3. The second kappa shape index (κ2) is 9.20. The van der Waals surface area contributed by atoms with Gasteiger partial charge < -0.3 is 20.3 Å². The first-order chi connectivity index (χ1) is 12.4. The van der Waals surface area contributed by atoms with E-state index in [0.29, 0.717) is 31.9 Å². The molecule has 26 heavy (non-hydrogen) atoms. The molecule has 1 heterocycles. The van der Waals surface area contributed by atoms with Crippen molar-refractivity contribution in [2.75, 3.05) is 37.9 Å². The van der Waals surface area contributed by atoms with Gasteiger partial charge in [0.25, 0.3) is 11.8 Å². The molecule has 0 bridgehead atoms. The van der Waals surface area contributed by atoms with Crippen molar-refractivity contribution >= 4 is 45.4 Å². The summed E-state index contributed by atoms with van der Waals surface area (Å²) in [5.74, 6) is -0.0424. The van der Waals surface area contributed by atoms with Gasteiger partial charge in [-0.05, 0) is 29.6 Å². The lowest BCUT2D eigenvalue weighted by Crippen LogP contribution is -3.11. The molecule has 0 aliphatic carbocycles. The summed E-state index contributed by atoms with van der Waals surface area (Å²) >= 11 is 7.22. The Morgan fingerprint density at radius 3 is 2.62 bits per heavy atom. The zero-order valence-electron chi connectivity index (χ0n) is 14.3. The Bertz CT molecular complexity index is 847. The zero-order valence-corrected chi connectivity index (χ0v) is 15.8. The third-order valence-corrected chi connectivity index (χ3v) is 4.46. The Morgan fingerprint density at radius 2 is 1.96 bits per heavy atom. The summed E-state index contributed by atoms with van der Waals surface area (Å²) in [6.07, 6.45) is 0. The molecule has 1 unspecified atom stereocenters. The molecule has 0 aliphatic rings. The minimum Gasteiger partial charge on any atom is -0.495 e. The van der Waals surface area contributed by atoms with Gasteiger partial charge in [0.05, 0.1) is 25.4 Å². The summed E-state index contributed by atoms with van der Waals surface area (Å²) in [7, 11) is 3.23. The molecule has 1 aromatic heterocycles. The van der Waals surface area contributed by atoms with Crippen LogP contribution in [0, 0.1) is 11.3 Å². The molecule has 2 rings (SSSR count). The van der Waals surface area contributed by atoms with Gasteiger partial charge in [-0.25, -0.2) is 0 Å². The van der Waals surface area contributed by atoms with Gasteiger partial charge in [0.1, 0.15) is 16.8 Å². The first-order valence-electron chi connectivity index (χ1n) is 7.65. The molecule has 1 atom stereocenters. The number of hydrogen-bond acceptors (Lipinski definition) is 5. The molecule has 9 heteroatoms. The van der Waals surface area contributed by atoms with Crippen molar-refractivity contribution in [2.45, 2.75) is 0 Å². The van der Waals surface area contributed by atoms with Crippen LogP contribution < -0.4 is 20.3 Å². The predicted octanol–water partition coefficient (Wildman–Crippen LogP) is 1.37. The molecule has 2 amide bonds. The molecule has 0 fully saturated rings. The van der Waals surface area contributed by atoms with Gasteiger partial charge in [0.15, 0.2) is 13.1 Å². The van der Waals surface area contributed by atoms with Crippen LogP contribution in [-0.2, 0) is 9.59 Å². The van der Waals surface area contributed by atoms with Gasteiger partial charge in [-0.3, -0.25) is 9.59 Å². The van der Waals surface area contributed by atoms with Crippen LogP contribution in [-0.4, -0.2) is 39.1 Å². The second-order valence-electron chi connectivity index (χ2n) is 5.53. The average molecular weight is 394 g/mol. The number of likely N-dealkylation sites (N-methyl/N-ethyl adjacent to an activating group) is 1. The van der Waals surface area contributed by atoms with Crippen LogP contribution >= 0.6 is 22.9 Å². The largest absolute Gasteiger partial charge is 0.495 e. The van der Waals surface area contributed by atoms with Crippen LogP contribution in [0.15, 0.2) is 29.6 Å². The number of methoxy groups -OCH3 is 1. The van der Waals surface area contributed by atoms with Crippen molar-refractivity contribution in [1.29, 1.82) is 5.26 Å². The lowest BCUT2D eigenvalue weighted by molar-refractivity contribution is -0.862. The van der Waals surface area contributed by atoms with Crippen LogP contribution in [0.25, 0.3) is 0 Å². The van der Waals surface area contributed by atoms with E-state index in [1.54, 1.807) is 36.7 Å². The number of thiophene rings is 1. The van der Waals surface area contributed by atoms with Gasteiger partial charge in [0.2, 0.25) is 0 Å². The fourth-order valence-electron chi connectivity index (χ4n) is 2.25. The Hall–Kier alpha value is -2.60. The number of nitrogens with zero attached hydrogens (tertiary/aromatic N) is 1. The fraction of sp³-hybridized carbons (Fsp3) is 0.235. The molecule has 0 radical (unpaired) electrons. The minimum absolute atomic E-state index is 0.0820. The van der Waals surface area contributed by atoms with E-state index in [0.717, 1.165) is 0 Å². The molecule has 0 spiro atoms. The van der Waals surface area contributed by atoms with E-state index in [2.05, 4.69) is 10.6 Å². The Morgan fingerprint density at radius 1 is 1.27 bits per heavy atom. The van der Waals surface area contributed by atoms with E-state index in [1.807, 2.05) is 6.07 Å². The lowest BCUT2D eigenvalue weighted by atomic mass is 10.3. The van der Waals surface area contributed by atoms with Gasteiger partial charge in [-0.1, -0.05) is 11.6 Å². The summed E-state index contributed by atoms with van der Waals surface area (Å²) in [6, 6.07) is 8.58. The number of carbonyl (C=O) groups excluding carboxylic acids is 2. The van der Waals surface area contributed by atoms with Crippen molar-refractivity contribution in [3.63, 3.8) is 0 Å². The van der Waals surface area contributed by atoms with E-state index in [4.69, 9.17) is 21.6 Å². The maximum Gasteiger partial charge on any atom is 0.280 e. The number of hydrogen-bond donors (Lipinski definition) is 3. The van der Waals surface area contributed by atoms with E-state index >= 15 is 0 Å². The van der Waals surface area contributed by atoms with Gasteiger partial charge in [-0.2, -0.15) is 5.26 Å². The maximum atomic E-state index is 12.2. The number of benzene rings is 1. The third-order valence-electron chi connectivity index (χ3n) is 3.40. The summed E-state index contributed by atoms with van der Waals surface area (Å²) < 4.78 is 5.18. The Labute approximate surface area is 160 Å². The first-order valence-corrected chi connectivity index (χ1v) is 8.90. The van der Waals surface area contributed by atoms with E-state index in [1.165, 1.54) is 18.4 Å². The van der Waals surface area contributed by atoms with Crippen molar-refractivity contribution < 1.29 is 19.2 Å². The molecule has 0 aliphatic heterocycles. The van der Waals surface area contributed by atoms with Crippen molar-refractivity contribution in [1.82, 2.24) is 0 Å². The average Bonchev–Trinajstić information content (AvgIpc) is 3.01. The third kappa shape index (κ3) is 5.46. The molecule has 0 saturated carbocycles. The Kier molecular flexibility index (Phi) is 6.97. The van der Waals surface area contributed by atoms with E-state index in [9.17, 15) is 9.59 Å². The van der Waals surface area contributed by atoms with Gasteiger partial charge in [0, 0.05) is 5.02 Å². The number of anilines is 2. The van der Waals surface area contributed by atoms with Crippen molar-refractivity contribution in [3.05, 3.63) is 40.2 Å². The highest BCUT2D eigenvalue weighted by Gasteiger charge is 2.17. The zero-order chi connectivity index (χ0) is 19.1. The molecule has 136 valence electrons. The second-order valence-corrected chi connectivity index (χ2v) is 6.88. The number of halogens is 1. The molecular formula is C17H18ClN4O3S+. The van der Waals surface area contributed by atoms with Gasteiger partial charge >= 0.3 is 0 Å². The monoisotopic (exact) mass is 393 g/mol. The van der Waals surface area contributed by atoms with E-state index in [-0.39, 0.29) is 24.9 Å². The molecular weight excluding hydrogens is 376 g/mol. The van der Waals surface area contributed by atoms with Crippen LogP contribution in [0.2, 0.25) is 5.02 Å². The van der Waals surface area contributed by atoms with Crippen LogP contribution in [0.5, 0.6) is 5.75 Å². The number of ether oxygens (including phenoxy) is 1. The number of nitriles is 1. The number of rotatable bonds is 7. The van der Waals surface area contributed by atoms with Crippen molar-refractivity contribution in [2.24, 2.45) is 0 Å². The topological polar surface area (TPSA) is 95.7 Å². The number of quaternary nitrogens is 1. The number of nitrogens with one attached hydrogen (secondary N) is 3. The van der Waals surface area contributed by atoms with Gasteiger partial charge in [-0.15, -0.1) is 11.3 Å². The standard InChI is InChI=1S/C17H17ClN4O3S/c1-22(10-16(24)21-17-11(8-19)5-6-26-17)9-15(23)20-13-7-12(18)3-4-14(13)25-2/h3-7H,9-10H2,1-2H3,(H,20,23)(H,21,24)/p+1. The molecule has 1 aromatic carbocycles. The van der Waals surface area contributed by atoms with Crippen LogP contribution in [0.3, 0.4) is 0 Å². The molecule has 2 aromatic rings.